The number of likely N-dealkylation sites (tertiary alicyclic amines) is 1. The van der Waals surface area contributed by atoms with Gasteiger partial charge in [-0.25, -0.2) is 13.6 Å². The molecular formula is C22H26N4O4S. The minimum absolute atomic E-state index is 0.0162. The van der Waals surface area contributed by atoms with Crippen molar-refractivity contribution in [2.24, 2.45) is 5.14 Å². The van der Waals surface area contributed by atoms with Crippen molar-refractivity contribution < 1.29 is 17.9 Å². The summed E-state index contributed by atoms with van der Waals surface area (Å²) in [5.74, 6) is 1.16. The van der Waals surface area contributed by atoms with E-state index in [1.54, 1.807) is 7.11 Å². The number of primary sulfonamides is 1. The van der Waals surface area contributed by atoms with E-state index in [1.165, 1.54) is 35.2 Å². The first-order chi connectivity index (χ1) is 14.8. The van der Waals surface area contributed by atoms with Crippen molar-refractivity contribution in [3.63, 3.8) is 0 Å². The number of nitrogens with zero attached hydrogens (tertiary/aromatic N) is 1. The zero-order chi connectivity index (χ0) is 22.0. The maximum absolute atomic E-state index is 12.4. The van der Waals surface area contributed by atoms with Gasteiger partial charge >= 0.3 is 0 Å². The number of anilines is 1. The molecule has 8 nitrogen and oxygen atoms in total. The van der Waals surface area contributed by atoms with Gasteiger partial charge in [0.25, 0.3) is 0 Å². The molecule has 0 saturated carbocycles. The van der Waals surface area contributed by atoms with Crippen molar-refractivity contribution in [2.45, 2.75) is 23.7 Å². The van der Waals surface area contributed by atoms with Gasteiger partial charge in [-0.2, -0.15) is 0 Å². The summed E-state index contributed by atoms with van der Waals surface area (Å²) in [6.45, 7) is 1.96. The van der Waals surface area contributed by atoms with E-state index in [9.17, 15) is 13.2 Å². The summed E-state index contributed by atoms with van der Waals surface area (Å²) < 4.78 is 28.0. The van der Waals surface area contributed by atoms with Crippen molar-refractivity contribution in [3.8, 4) is 5.75 Å². The number of nitrogens with two attached hydrogens (primary N) is 1. The maximum Gasteiger partial charge on any atom is 0.238 e. The molecule has 2 heterocycles. The van der Waals surface area contributed by atoms with Gasteiger partial charge in [0.15, 0.2) is 0 Å². The molecule has 2 aromatic carbocycles. The van der Waals surface area contributed by atoms with Gasteiger partial charge in [0.05, 0.1) is 18.6 Å². The molecule has 0 unspecified atom stereocenters. The highest BCUT2D eigenvalue weighted by molar-refractivity contribution is 7.89. The highest BCUT2D eigenvalue weighted by atomic mass is 32.2. The number of benzene rings is 2. The third-order valence-electron chi connectivity index (χ3n) is 5.78. The normalized spacial score (nSPS) is 15.8. The van der Waals surface area contributed by atoms with E-state index in [1.807, 2.05) is 12.1 Å². The fraction of sp³-hybridized carbons (Fsp3) is 0.318. The number of H-pyrrole nitrogens is 1. The number of nitrogens with one attached hydrogen (secondary N) is 2. The summed E-state index contributed by atoms with van der Waals surface area (Å²) in [6, 6.07) is 11.9. The van der Waals surface area contributed by atoms with Gasteiger partial charge in [0.1, 0.15) is 5.75 Å². The molecule has 0 atom stereocenters. The Hall–Kier alpha value is -2.88. The standard InChI is InChI=1S/C22H26N4O4S/c1-30-17-4-7-21-19(12-17)20(13-24-21)15-8-10-26(11-9-15)14-22(27)25-16-2-5-18(6-3-16)31(23,28)29/h2-7,12-13,15,24H,8-11,14H2,1H3,(H,25,27)(H2,23,28,29). The molecule has 1 fully saturated rings. The molecule has 1 amide bonds. The predicted octanol–water partition coefficient (Wildman–Crippen LogP) is 2.64. The first kappa shape index (κ1) is 21.4. The number of hydrogen-bond donors (Lipinski definition) is 3. The number of aromatic amines is 1. The number of carbonyl (C=O) groups excluding carboxylic acids is 1. The van der Waals surface area contributed by atoms with Crippen LogP contribution < -0.4 is 15.2 Å². The molecular weight excluding hydrogens is 416 g/mol. The minimum atomic E-state index is -3.74. The smallest absolute Gasteiger partial charge is 0.238 e. The van der Waals surface area contributed by atoms with Crippen molar-refractivity contribution in [3.05, 3.63) is 54.2 Å². The summed E-state index contributed by atoms with van der Waals surface area (Å²) in [6.07, 6.45) is 4.03. The molecule has 0 spiro atoms. The third-order valence-corrected chi connectivity index (χ3v) is 6.71. The highest BCUT2D eigenvalue weighted by Gasteiger charge is 2.24. The van der Waals surface area contributed by atoms with Crippen molar-refractivity contribution in [1.29, 1.82) is 0 Å². The molecule has 1 saturated heterocycles. The van der Waals surface area contributed by atoms with Gasteiger partial charge in [-0.3, -0.25) is 9.69 Å². The Labute approximate surface area is 181 Å². The fourth-order valence-corrected chi connectivity index (χ4v) is 4.64. The molecule has 1 aliphatic heterocycles. The van der Waals surface area contributed by atoms with Gasteiger partial charge < -0.3 is 15.0 Å². The number of aromatic nitrogens is 1. The Balaban J connectivity index is 1.32. The van der Waals surface area contributed by atoms with Crippen LogP contribution in [0.1, 0.15) is 24.3 Å². The van der Waals surface area contributed by atoms with E-state index in [0.717, 1.165) is 37.2 Å². The Morgan fingerprint density at radius 1 is 1.19 bits per heavy atom. The van der Waals surface area contributed by atoms with Gasteiger partial charge in [-0.1, -0.05) is 0 Å². The van der Waals surface area contributed by atoms with Crippen molar-refractivity contribution >= 4 is 32.5 Å². The Morgan fingerprint density at radius 3 is 2.55 bits per heavy atom. The average Bonchev–Trinajstić information content (AvgIpc) is 3.17. The second-order valence-corrected chi connectivity index (χ2v) is 9.38. The number of rotatable bonds is 6. The SMILES string of the molecule is COc1ccc2[nH]cc(C3CCN(CC(=O)Nc4ccc(S(N)(=O)=O)cc4)CC3)c2c1. The first-order valence-corrected chi connectivity index (χ1v) is 11.7. The molecule has 31 heavy (non-hydrogen) atoms. The molecule has 0 aliphatic carbocycles. The molecule has 9 heteroatoms. The van der Waals surface area contributed by atoms with Crippen LogP contribution in [0.4, 0.5) is 5.69 Å². The lowest BCUT2D eigenvalue weighted by Crippen LogP contribution is -2.38. The zero-order valence-corrected chi connectivity index (χ0v) is 18.1. The Kier molecular flexibility index (Phi) is 5.99. The monoisotopic (exact) mass is 442 g/mol. The zero-order valence-electron chi connectivity index (χ0n) is 17.3. The third kappa shape index (κ3) is 4.90. The number of hydrogen-bond acceptors (Lipinski definition) is 5. The molecule has 1 aliphatic rings. The number of piperidine rings is 1. The van der Waals surface area contributed by atoms with Gasteiger partial charge in [-0.15, -0.1) is 0 Å². The van der Waals surface area contributed by atoms with E-state index >= 15 is 0 Å². The number of methoxy groups -OCH3 is 1. The van der Waals surface area contributed by atoms with Crippen LogP contribution in [-0.4, -0.2) is 51.0 Å². The molecule has 0 radical (unpaired) electrons. The summed E-state index contributed by atoms with van der Waals surface area (Å²) in [4.78, 5) is 17.9. The van der Waals surface area contributed by atoms with Crippen LogP contribution in [0.25, 0.3) is 10.9 Å². The van der Waals surface area contributed by atoms with Crippen LogP contribution in [0.5, 0.6) is 5.75 Å². The molecule has 4 N–H and O–H groups in total. The largest absolute Gasteiger partial charge is 0.497 e. The lowest BCUT2D eigenvalue weighted by atomic mass is 9.89. The first-order valence-electron chi connectivity index (χ1n) is 10.1. The Bertz CT molecular complexity index is 1180. The number of sulfonamides is 1. The van der Waals surface area contributed by atoms with Crippen LogP contribution in [0, 0.1) is 0 Å². The molecule has 4 rings (SSSR count). The van der Waals surface area contributed by atoms with E-state index in [2.05, 4.69) is 27.5 Å². The second-order valence-electron chi connectivity index (χ2n) is 7.82. The number of ether oxygens (including phenoxy) is 1. The van der Waals surface area contributed by atoms with E-state index < -0.39 is 10.0 Å². The Morgan fingerprint density at radius 2 is 1.90 bits per heavy atom. The van der Waals surface area contributed by atoms with Crippen molar-refractivity contribution in [2.75, 3.05) is 32.1 Å². The number of carbonyl (C=O) groups is 1. The summed E-state index contributed by atoms with van der Waals surface area (Å²) in [5.41, 5.74) is 2.94. The lowest BCUT2D eigenvalue weighted by molar-refractivity contribution is -0.117. The summed E-state index contributed by atoms with van der Waals surface area (Å²) in [5, 5.41) is 9.09. The minimum Gasteiger partial charge on any atom is -0.497 e. The van der Waals surface area contributed by atoms with E-state index in [4.69, 9.17) is 9.88 Å². The van der Waals surface area contributed by atoms with Crippen molar-refractivity contribution in [1.82, 2.24) is 9.88 Å². The number of amides is 1. The lowest BCUT2D eigenvalue weighted by Gasteiger charge is -2.31. The number of fused-ring (bicyclic) bond motifs is 1. The van der Waals surface area contributed by atoms with Crippen LogP contribution in [-0.2, 0) is 14.8 Å². The quantitative estimate of drug-likeness (QED) is 0.542. The summed E-state index contributed by atoms with van der Waals surface area (Å²) >= 11 is 0. The second kappa shape index (κ2) is 8.70. The van der Waals surface area contributed by atoms with Gasteiger partial charge in [-0.05, 0) is 79.9 Å². The van der Waals surface area contributed by atoms with Crippen LogP contribution >= 0.6 is 0 Å². The van der Waals surface area contributed by atoms with Crippen LogP contribution in [0.15, 0.2) is 53.6 Å². The highest BCUT2D eigenvalue weighted by Crippen LogP contribution is 2.34. The summed E-state index contributed by atoms with van der Waals surface area (Å²) in [7, 11) is -2.07. The van der Waals surface area contributed by atoms with Crippen LogP contribution in [0.2, 0.25) is 0 Å². The van der Waals surface area contributed by atoms with Crippen LogP contribution in [0.3, 0.4) is 0 Å². The average molecular weight is 443 g/mol. The van der Waals surface area contributed by atoms with E-state index in [0.29, 0.717) is 18.2 Å². The predicted molar refractivity (Wildman–Crippen MR) is 120 cm³/mol. The van der Waals surface area contributed by atoms with Gasteiger partial charge in [0, 0.05) is 22.8 Å². The maximum atomic E-state index is 12.4. The molecule has 0 bridgehead atoms. The topological polar surface area (TPSA) is 118 Å². The molecule has 3 aromatic rings. The fourth-order valence-electron chi connectivity index (χ4n) is 4.12. The van der Waals surface area contributed by atoms with E-state index in [-0.39, 0.29) is 10.8 Å². The van der Waals surface area contributed by atoms with Gasteiger partial charge in [0.2, 0.25) is 15.9 Å². The molecule has 164 valence electrons. The molecule has 1 aromatic heterocycles.